The third-order valence-electron chi connectivity index (χ3n) is 5.45. The number of methoxy groups -OCH3 is 1. The van der Waals surface area contributed by atoms with Crippen LogP contribution in [0, 0.1) is 6.92 Å². The first kappa shape index (κ1) is 22.3. The van der Waals surface area contributed by atoms with Crippen molar-refractivity contribution in [2.45, 2.75) is 39.2 Å². The Bertz CT molecular complexity index is 950. The normalized spacial score (nSPS) is 14.1. The van der Waals surface area contributed by atoms with Crippen LogP contribution in [0.3, 0.4) is 0 Å². The van der Waals surface area contributed by atoms with Gasteiger partial charge in [0.1, 0.15) is 5.75 Å². The van der Waals surface area contributed by atoms with Crippen LogP contribution in [0.4, 0.5) is 5.69 Å². The molecule has 0 radical (unpaired) electrons. The van der Waals surface area contributed by atoms with E-state index in [1.165, 1.54) is 6.92 Å². The molecule has 2 N–H and O–H groups in total. The van der Waals surface area contributed by atoms with Crippen LogP contribution in [0.2, 0.25) is 0 Å². The molecule has 2 aromatic carbocycles. The van der Waals surface area contributed by atoms with E-state index in [1.807, 2.05) is 36.1 Å². The summed E-state index contributed by atoms with van der Waals surface area (Å²) in [5, 5.41) is 5.75. The van der Waals surface area contributed by atoms with E-state index in [0.29, 0.717) is 17.0 Å². The van der Waals surface area contributed by atoms with E-state index in [0.717, 1.165) is 37.1 Å². The average molecular weight is 424 g/mol. The number of hydrogen-bond donors (Lipinski definition) is 2. The highest BCUT2D eigenvalue weighted by molar-refractivity contribution is 6.04. The van der Waals surface area contributed by atoms with Crippen LogP contribution < -0.4 is 15.4 Å². The second-order valence-corrected chi connectivity index (χ2v) is 7.78. The molecule has 1 fully saturated rings. The molecule has 0 saturated carbocycles. The molecule has 1 aliphatic rings. The predicted molar refractivity (Wildman–Crippen MR) is 119 cm³/mol. The fraction of sp³-hybridized carbons (Fsp3) is 0.375. The van der Waals surface area contributed by atoms with Crippen LogP contribution in [-0.4, -0.2) is 42.8 Å². The Hall–Kier alpha value is -3.35. The first-order chi connectivity index (χ1) is 14.9. The molecular formula is C24H29N3O4. The molecule has 1 saturated heterocycles. The van der Waals surface area contributed by atoms with Gasteiger partial charge in [-0.15, -0.1) is 0 Å². The van der Waals surface area contributed by atoms with E-state index in [4.69, 9.17) is 4.74 Å². The van der Waals surface area contributed by atoms with Crippen molar-refractivity contribution in [2.24, 2.45) is 0 Å². The lowest BCUT2D eigenvalue weighted by molar-refractivity contribution is -0.120. The van der Waals surface area contributed by atoms with Crippen molar-refractivity contribution in [3.8, 4) is 5.75 Å². The molecule has 7 nitrogen and oxygen atoms in total. The van der Waals surface area contributed by atoms with E-state index in [2.05, 4.69) is 10.6 Å². The fourth-order valence-corrected chi connectivity index (χ4v) is 3.81. The topological polar surface area (TPSA) is 87.7 Å². The van der Waals surface area contributed by atoms with Gasteiger partial charge in [-0.25, -0.2) is 0 Å². The second kappa shape index (κ2) is 10.1. The minimum Gasteiger partial charge on any atom is -0.497 e. The van der Waals surface area contributed by atoms with E-state index < -0.39 is 6.04 Å². The third kappa shape index (κ3) is 5.63. The van der Waals surface area contributed by atoms with Crippen LogP contribution in [0.25, 0.3) is 0 Å². The molecule has 31 heavy (non-hydrogen) atoms. The van der Waals surface area contributed by atoms with Crippen molar-refractivity contribution >= 4 is 23.4 Å². The smallest absolute Gasteiger partial charge is 0.255 e. The monoisotopic (exact) mass is 423 g/mol. The Kier molecular flexibility index (Phi) is 7.28. The Labute approximate surface area is 182 Å². The molecule has 0 aliphatic carbocycles. The SMILES string of the molecule is COc1ccc(C(CC(=O)Nc2c(C)cccc2C(=O)N2CCCC2)NC(C)=O)cc1. The van der Waals surface area contributed by atoms with Crippen LogP contribution >= 0.6 is 0 Å². The van der Waals surface area contributed by atoms with Gasteiger partial charge in [-0.1, -0.05) is 24.3 Å². The molecule has 1 heterocycles. The molecule has 1 unspecified atom stereocenters. The van der Waals surface area contributed by atoms with E-state index in [-0.39, 0.29) is 24.1 Å². The molecule has 3 rings (SSSR count). The Balaban J connectivity index is 1.79. The molecular weight excluding hydrogens is 394 g/mol. The Morgan fingerprint density at radius 1 is 1.06 bits per heavy atom. The summed E-state index contributed by atoms with van der Waals surface area (Å²) >= 11 is 0. The molecule has 164 valence electrons. The number of nitrogens with zero attached hydrogens (tertiary/aromatic N) is 1. The maximum atomic E-state index is 13.0. The minimum absolute atomic E-state index is 0.0393. The van der Waals surface area contributed by atoms with Crippen molar-refractivity contribution in [1.29, 1.82) is 0 Å². The van der Waals surface area contributed by atoms with Crippen LogP contribution in [0.5, 0.6) is 5.75 Å². The number of carbonyl (C=O) groups is 3. The number of anilines is 1. The minimum atomic E-state index is -0.495. The first-order valence-electron chi connectivity index (χ1n) is 10.5. The van der Waals surface area contributed by atoms with E-state index in [9.17, 15) is 14.4 Å². The predicted octanol–water partition coefficient (Wildman–Crippen LogP) is 3.45. The molecule has 1 atom stereocenters. The Morgan fingerprint density at radius 3 is 2.35 bits per heavy atom. The standard InChI is InChI=1S/C24H29N3O4/c1-16-7-6-8-20(24(30)27-13-4-5-14-27)23(16)26-22(29)15-21(25-17(2)28)18-9-11-19(31-3)12-10-18/h6-12,21H,4-5,13-15H2,1-3H3,(H,25,28)(H,26,29). The molecule has 7 heteroatoms. The van der Waals surface area contributed by atoms with Gasteiger partial charge in [0.15, 0.2) is 0 Å². The number of rotatable bonds is 7. The number of ether oxygens (including phenoxy) is 1. The summed E-state index contributed by atoms with van der Waals surface area (Å²) in [5.74, 6) is 0.124. The summed E-state index contributed by atoms with van der Waals surface area (Å²) < 4.78 is 5.18. The van der Waals surface area contributed by atoms with Gasteiger partial charge >= 0.3 is 0 Å². The lowest BCUT2D eigenvalue weighted by atomic mass is 10.0. The van der Waals surface area contributed by atoms with Gasteiger partial charge in [0.2, 0.25) is 11.8 Å². The summed E-state index contributed by atoms with van der Waals surface area (Å²) in [6.45, 7) is 4.76. The number of para-hydroxylation sites is 1. The zero-order valence-electron chi connectivity index (χ0n) is 18.2. The maximum absolute atomic E-state index is 13.0. The lowest BCUT2D eigenvalue weighted by Crippen LogP contribution is -2.31. The van der Waals surface area contributed by atoms with Gasteiger partial charge in [-0.3, -0.25) is 14.4 Å². The number of carbonyl (C=O) groups excluding carboxylic acids is 3. The number of hydrogen-bond acceptors (Lipinski definition) is 4. The number of likely N-dealkylation sites (tertiary alicyclic amines) is 1. The van der Waals surface area contributed by atoms with Crippen LogP contribution in [0.1, 0.15) is 53.7 Å². The summed E-state index contributed by atoms with van der Waals surface area (Å²) in [7, 11) is 1.58. The molecule has 0 bridgehead atoms. The molecule has 0 aromatic heterocycles. The summed E-state index contributed by atoms with van der Waals surface area (Å²) in [6, 6.07) is 12.2. The number of benzene rings is 2. The number of aryl methyl sites for hydroxylation is 1. The zero-order chi connectivity index (χ0) is 22.4. The van der Waals surface area contributed by atoms with Gasteiger partial charge in [0.05, 0.1) is 30.8 Å². The van der Waals surface area contributed by atoms with E-state index in [1.54, 1.807) is 25.3 Å². The quantitative estimate of drug-likeness (QED) is 0.714. The molecule has 2 aromatic rings. The highest BCUT2D eigenvalue weighted by Crippen LogP contribution is 2.26. The van der Waals surface area contributed by atoms with Crippen molar-refractivity contribution in [1.82, 2.24) is 10.2 Å². The molecule has 3 amide bonds. The van der Waals surface area contributed by atoms with Crippen LogP contribution in [-0.2, 0) is 9.59 Å². The fourth-order valence-electron chi connectivity index (χ4n) is 3.81. The van der Waals surface area contributed by atoms with Gasteiger partial charge in [0, 0.05) is 20.0 Å². The van der Waals surface area contributed by atoms with Crippen molar-refractivity contribution in [3.05, 3.63) is 59.2 Å². The van der Waals surface area contributed by atoms with Crippen molar-refractivity contribution < 1.29 is 19.1 Å². The van der Waals surface area contributed by atoms with Gasteiger partial charge < -0.3 is 20.3 Å². The van der Waals surface area contributed by atoms with Crippen molar-refractivity contribution in [2.75, 3.05) is 25.5 Å². The van der Waals surface area contributed by atoms with E-state index >= 15 is 0 Å². The Morgan fingerprint density at radius 2 is 1.74 bits per heavy atom. The summed E-state index contributed by atoms with van der Waals surface area (Å²) in [5.41, 5.74) is 2.64. The maximum Gasteiger partial charge on any atom is 0.255 e. The zero-order valence-corrected chi connectivity index (χ0v) is 18.2. The summed E-state index contributed by atoms with van der Waals surface area (Å²) in [4.78, 5) is 39.4. The number of amides is 3. The molecule has 1 aliphatic heterocycles. The van der Waals surface area contributed by atoms with Crippen molar-refractivity contribution in [3.63, 3.8) is 0 Å². The second-order valence-electron chi connectivity index (χ2n) is 7.78. The third-order valence-corrected chi connectivity index (χ3v) is 5.45. The first-order valence-corrected chi connectivity index (χ1v) is 10.5. The van der Waals surface area contributed by atoms with Gasteiger partial charge in [-0.2, -0.15) is 0 Å². The van der Waals surface area contributed by atoms with Gasteiger partial charge in [-0.05, 0) is 49.1 Å². The molecule has 0 spiro atoms. The number of nitrogens with one attached hydrogen (secondary N) is 2. The highest BCUT2D eigenvalue weighted by Gasteiger charge is 2.24. The highest BCUT2D eigenvalue weighted by atomic mass is 16.5. The largest absolute Gasteiger partial charge is 0.497 e. The van der Waals surface area contributed by atoms with Gasteiger partial charge in [0.25, 0.3) is 5.91 Å². The lowest BCUT2D eigenvalue weighted by Gasteiger charge is -2.21. The average Bonchev–Trinajstić information content (AvgIpc) is 3.29. The summed E-state index contributed by atoms with van der Waals surface area (Å²) in [6.07, 6.45) is 2.04. The van der Waals surface area contributed by atoms with Crippen LogP contribution in [0.15, 0.2) is 42.5 Å².